The first kappa shape index (κ1) is 37.9. The normalized spacial score (nSPS) is 13.8. The maximum absolute atomic E-state index is 12.8. The van der Waals surface area contributed by atoms with Gasteiger partial charge in [0.1, 0.15) is 11.1 Å². The monoisotopic (exact) mass is 755 g/mol. The highest BCUT2D eigenvalue weighted by Gasteiger charge is 2.44. The summed E-state index contributed by atoms with van der Waals surface area (Å²) in [6, 6.07) is 60.0. The minimum absolute atomic E-state index is 0.373. The number of aliphatic imine (C=N–C) groups is 1. The number of hydrogen-bond donors (Lipinski definition) is 1. The van der Waals surface area contributed by atoms with Gasteiger partial charge in [-0.2, -0.15) is 0 Å². The maximum Gasteiger partial charge on any atom is 0.135 e. The van der Waals surface area contributed by atoms with Gasteiger partial charge < -0.3 is 9.67 Å². The van der Waals surface area contributed by atoms with E-state index in [0.29, 0.717) is 18.0 Å². The molecule has 0 saturated heterocycles. The SMILES string of the molecule is C1=NC=C(C(Cc2ccccc2)c2ccncc2)C1.OC(Cc1ccccc1)(c1ccncc1)c1cncn1C(c1ccccc1)(c1ccccc1)c1ccccc1. The van der Waals surface area contributed by atoms with E-state index in [9.17, 15) is 5.11 Å². The van der Waals surface area contributed by atoms with Crippen LogP contribution in [-0.2, 0) is 24.0 Å². The highest BCUT2D eigenvalue weighted by atomic mass is 16.3. The second kappa shape index (κ2) is 17.8. The fourth-order valence-corrected chi connectivity index (χ4v) is 8.18. The first-order valence-electron chi connectivity index (χ1n) is 19.7. The number of nitrogens with zero attached hydrogens (tertiary/aromatic N) is 5. The Hall–Kier alpha value is -7.02. The van der Waals surface area contributed by atoms with Gasteiger partial charge in [0.2, 0.25) is 0 Å². The number of hydrogen-bond acceptors (Lipinski definition) is 5. The second-order valence-corrected chi connectivity index (χ2v) is 14.5. The Morgan fingerprint density at radius 2 is 1.02 bits per heavy atom. The molecule has 284 valence electrons. The van der Waals surface area contributed by atoms with E-state index in [0.717, 1.165) is 40.7 Å². The predicted molar refractivity (Wildman–Crippen MR) is 233 cm³/mol. The van der Waals surface area contributed by atoms with Gasteiger partial charge in [0.15, 0.2) is 0 Å². The highest BCUT2D eigenvalue weighted by Crippen LogP contribution is 2.45. The molecule has 3 aromatic heterocycles. The number of benzene rings is 5. The van der Waals surface area contributed by atoms with E-state index in [1.54, 1.807) is 18.6 Å². The van der Waals surface area contributed by atoms with Crippen molar-refractivity contribution in [3.8, 4) is 0 Å². The molecule has 0 spiro atoms. The summed E-state index contributed by atoms with van der Waals surface area (Å²) in [5.74, 6) is 0.396. The zero-order chi connectivity index (χ0) is 39.5. The molecule has 0 saturated carbocycles. The largest absolute Gasteiger partial charge is 0.378 e. The summed E-state index contributed by atoms with van der Waals surface area (Å²) in [5.41, 5.74) is 7.55. The first-order valence-corrected chi connectivity index (χ1v) is 19.7. The molecule has 0 aliphatic carbocycles. The molecule has 0 fully saturated rings. The summed E-state index contributed by atoms with van der Waals surface area (Å²) >= 11 is 0. The molecule has 0 bridgehead atoms. The quantitative estimate of drug-likeness (QED) is 0.126. The Kier molecular flexibility index (Phi) is 11.7. The molecule has 4 heterocycles. The van der Waals surface area contributed by atoms with Gasteiger partial charge in [0.05, 0.1) is 18.2 Å². The molecular weight excluding hydrogens is 711 g/mol. The lowest BCUT2D eigenvalue weighted by Gasteiger charge is -2.41. The van der Waals surface area contributed by atoms with Crippen LogP contribution in [0.25, 0.3) is 0 Å². The van der Waals surface area contributed by atoms with Gasteiger partial charge in [-0.1, -0.05) is 152 Å². The van der Waals surface area contributed by atoms with Gasteiger partial charge in [-0.15, -0.1) is 0 Å². The third kappa shape index (κ3) is 7.97. The van der Waals surface area contributed by atoms with E-state index < -0.39 is 11.1 Å². The molecule has 9 rings (SSSR count). The minimum Gasteiger partial charge on any atom is -0.378 e. The third-order valence-corrected chi connectivity index (χ3v) is 11.0. The van der Waals surface area contributed by atoms with Crippen LogP contribution in [0.2, 0.25) is 0 Å². The van der Waals surface area contributed by atoms with Gasteiger partial charge in [0, 0.05) is 56.0 Å². The van der Waals surface area contributed by atoms with Crippen molar-refractivity contribution < 1.29 is 5.11 Å². The van der Waals surface area contributed by atoms with E-state index in [1.165, 1.54) is 16.7 Å². The van der Waals surface area contributed by atoms with E-state index in [4.69, 9.17) is 0 Å². The van der Waals surface area contributed by atoms with E-state index in [1.807, 2.05) is 91.8 Å². The number of aromatic nitrogens is 4. The summed E-state index contributed by atoms with van der Waals surface area (Å²) in [5, 5.41) is 12.8. The van der Waals surface area contributed by atoms with Crippen LogP contribution in [0.4, 0.5) is 0 Å². The number of pyridine rings is 2. The van der Waals surface area contributed by atoms with Crippen molar-refractivity contribution in [3.63, 3.8) is 0 Å². The molecule has 8 aromatic rings. The molecule has 1 N–H and O–H groups in total. The minimum atomic E-state index is -1.38. The number of aliphatic hydroxyl groups is 1. The Bertz CT molecular complexity index is 2430. The predicted octanol–water partition coefficient (Wildman–Crippen LogP) is 10.4. The van der Waals surface area contributed by atoms with Crippen LogP contribution in [0, 0.1) is 0 Å². The van der Waals surface area contributed by atoms with Crippen LogP contribution >= 0.6 is 0 Å². The Labute approximate surface area is 340 Å². The molecule has 6 nitrogen and oxygen atoms in total. The van der Waals surface area contributed by atoms with Gasteiger partial charge in [0.25, 0.3) is 0 Å². The lowest BCUT2D eigenvalue weighted by Crippen LogP contribution is -2.43. The van der Waals surface area contributed by atoms with E-state index >= 15 is 0 Å². The summed E-state index contributed by atoms with van der Waals surface area (Å²) < 4.78 is 2.15. The summed E-state index contributed by atoms with van der Waals surface area (Å²) in [6.07, 6.45) is 17.2. The average molecular weight is 756 g/mol. The van der Waals surface area contributed by atoms with Crippen molar-refractivity contribution in [2.45, 2.75) is 36.3 Å². The molecule has 1 aliphatic rings. The lowest BCUT2D eigenvalue weighted by molar-refractivity contribution is 0.0700. The highest BCUT2D eigenvalue weighted by molar-refractivity contribution is 5.66. The number of imidazole rings is 1. The number of allylic oxidation sites excluding steroid dienone is 1. The van der Waals surface area contributed by atoms with Crippen molar-refractivity contribution >= 4 is 6.21 Å². The van der Waals surface area contributed by atoms with Gasteiger partial charge >= 0.3 is 0 Å². The molecule has 6 heteroatoms. The molecule has 1 aliphatic heterocycles. The average Bonchev–Trinajstić information content (AvgIpc) is 4.03. The van der Waals surface area contributed by atoms with Crippen molar-refractivity contribution in [2.75, 3.05) is 0 Å². The Morgan fingerprint density at radius 1 is 0.534 bits per heavy atom. The van der Waals surface area contributed by atoms with E-state index in [-0.39, 0.29) is 0 Å². The topological polar surface area (TPSA) is 76.2 Å². The summed E-state index contributed by atoms with van der Waals surface area (Å²) in [4.78, 5) is 17.3. The Balaban J connectivity index is 0.000000206. The fraction of sp³-hybridized carbons (Fsp3) is 0.115. The third-order valence-electron chi connectivity index (χ3n) is 11.0. The molecular formula is C52H45N5O. The summed E-state index contributed by atoms with van der Waals surface area (Å²) in [6.45, 7) is 0. The zero-order valence-electron chi connectivity index (χ0n) is 32.2. The fourth-order valence-electron chi connectivity index (χ4n) is 8.18. The standard InChI is InChI=1S/C35H29N3O.C17H16N2/c39-34(29-21-23-36-24-22-29,25-28-13-5-1-6-14-28)33-26-37-27-38(33)35(30-15-7-2-8-16-30,31-17-9-3-10-18-31)32-19-11-4-12-20-32;1-2-4-14(5-3-1)12-17(16-8-11-19-13-16)15-6-9-18-10-7-15/h1-24,26-27,39H,25H2;1-7,9-11,13,17H,8,12H2. The molecule has 2 atom stereocenters. The van der Waals surface area contributed by atoms with Crippen LogP contribution < -0.4 is 0 Å². The second-order valence-electron chi connectivity index (χ2n) is 14.5. The van der Waals surface area contributed by atoms with Crippen LogP contribution in [0.1, 0.15) is 57.0 Å². The molecule has 2 unspecified atom stereocenters. The van der Waals surface area contributed by atoms with Crippen LogP contribution in [0.3, 0.4) is 0 Å². The van der Waals surface area contributed by atoms with Crippen LogP contribution in [0.15, 0.2) is 230 Å². The molecule has 58 heavy (non-hydrogen) atoms. The molecule has 0 radical (unpaired) electrons. The smallest absolute Gasteiger partial charge is 0.135 e. The lowest BCUT2D eigenvalue weighted by atomic mass is 9.75. The number of rotatable bonds is 12. The van der Waals surface area contributed by atoms with Crippen LogP contribution in [-0.4, -0.2) is 30.8 Å². The first-order chi connectivity index (χ1) is 28.7. The summed E-state index contributed by atoms with van der Waals surface area (Å²) in [7, 11) is 0. The zero-order valence-corrected chi connectivity index (χ0v) is 32.2. The van der Waals surface area contributed by atoms with Crippen molar-refractivity contribution in [2.24, 2.45) is 4.99 Å². The van der Waals surface area contributed by atoms with Crippen molar-refractivity contribution in [3.05, 3.63) is 270 Å². The van der Waals surface area contributed by atoms with Crippen molar-refractivity contribution in [1.82, 2.24) is 19.5 Å². The van der Waals surface area contributed by atoms with Gasteiger partial charge in [-0.05, 0) is 75.2 Å². The van der Waals surface area contributed by atoms with Crippen LogP contribution in [0.5, 0.6) is 0 Å². The molecule has 5 aromatic carbocycles. The van der Waals surface area contributed by atoms with Gasteiger partial charge in [-0.25, -0.2) is 4.98 Å². The molecule has 0 amide bonds. The van der Waals surface area contributed by atoms with Crippen molar-refractivity contribution in [1.29, 1.82) is 0 Å². The van der Waals surface area contributed by atoms with E-state index in [2.05, 4.69) is 140 Å². The van der Waals surface area contributed by atoms with Gasteiger partial charge in [-0.3, -0.25) is 15.0 Å². The Morgan fingerprint density at radius 3 is 1.52 bits per heavy atom. The maximum atomic E-state index is 12.8.